The number of aromatic nitrogens is 2. The summed E-state index contributed by atoms with van der Waals surface area (Å²) in [6.45, 7) is 3.62. The van der Waals surface area contributed by atoms with Crippen molar-refractivity contribution in [2.24, 2.45) is 5.73 Å². The number of thiazole rings is 1. The second kappa shape index (κ2) is 5.27. The van der Waals surface area contributed by atoms with E-state index in [1.165, 1.54) is 11.3 Å². The average Bonchev–Trinajstić information content (AvgIpc) is 3.03. The van der Waals surface area contributed by atoms with Crippen LogP contribution < -0.4 is 11.1 Å². The van der Waals surface area contributed by atoms with Gasteiger partial charge in [-0.25, -0.2) is 9.97 Å². The van der Waals surface area contributed by atoms with Gasteiger partial charge in [-0.2, -0.15) is 0 Å². The smallest absolute Gasteiger partial charge is 0.275 e. The number of nitrogens with two attached hydrogens (primary N) is 1. The lowest BCUT2D eigenvalue weighted by molar-refractivity contribution is 0.102. The second-order valence-corrected chi connectivity index (χ2v) is 5.62. The molecule has 0 aliphatic carbocycles. The predicted octanol–water partition coefficient (Wildman–Crippen LogP) is 2.86. The third-order valence-corrected chi connectivity index (χ3v) is 3.94. The molecule has 2 aromatic heterocycles. The third-order valence-electron chi connectivity index (χ3n) is 2.90. The van der Waals surface area contributed by atoms with E-state index in [4.69, 9.17) is 10.2 Å². The molecular weight excluding hydrogens is 288 g/mol. The Balaban J connectivity index is 1.81. The molecule has 0 saturated carbocycles. The number of nitrogens with one attached hydrogen (secondary N) is 1. The molecule has 0 bridgehead atoms. The van der Waals surface area contributed by atoms with E-state index in [0.29, 0.717) is 28.4 Å². The number of nitrogens with zero attached hydrogens (tertiary/aromatic N) is 2. The Morgan fingerprint density at radius 2 is 2.24 bits per heavy atom. The number of hydrogen-bond acceptors (Lipinski definition) is 6. The molecule has 3 N–H and O–H groups in total. The minimum absolute atomic E-state index is 0.175. The van der Waals surface area contributed by atoms with Crippen LogP contribution in [0, 0.1) is 6.92 Å². The van der Waals surface area contributed by atoms with Gasteiger partial charge >= 0.3 is 0 Å². The number of fused-ring (bicyclic) bond motifs is 1. The number of carbonyl (C=O) groups excluding carboxylic acids is 1. The van der Waals surface area contributed by atoms with Crippen molar-refractivity contribution in [3.8, 4) is 0 Å². The summed E-state index contributed by atoms with van der Waals surface area (Å²) in [5.74, 6) is 0.326. The average molecular weight is 302 g/mol. The molecular formula is C14H14N4O2S. The molecule has 2 heterocycles. The summed E-state index contributed by atoms with van der Waals surface area (Å²) in [6.07, 6.45) is 0. The van der Waals surface area contributed by atoms with Gasteiger partial charge in [-0.1, -0.05) is 0 Å². The Morgan fingerprint density at radius 3 is 2.95 bits per heavy atom. The van der Waals surface area contributed by atoms with Gasteiger partial charge in [-0.05, 0) is 25.1 Å². The lowest BCUT2D eigenvalue weighted by atomic mass is 10.3. The Kier molecular flexibility index (Phi) is 3.44. The molecule has 1 aromatic carbocycles. The number of amides is 1. The lowest BCUT2D eigenvalue weighted by Gasteiger charge is -2.02. The Hall–Kier alpha value is -2.25. The molecule has 0 saturated heterocycles. The van der Waals surface area contributed by atoms with Crippen molar-refractivity contribution in [1.82, 2.24) is 9.97 Å². The van der Waals surface area contributed by atoms with Gasteiger partial charge in [0, 0.05) is 18.0 Å². The van der Waals surface area contributed by atoms with E-state index in [0.717, 1.165) is 5.01 Å². The summed E-state index contributed by atoms with van der Waals surface area (Å²) in [7, 11) is 0. The Bertz CT molecular complexity index is 806. The van der Waals surface area contributed by atoms with Crippen LogP contribution in [0.25, 0.3) is 11.1 Å². The molecule has 21 heavy (non-hydrogen) atoms. The van der Waals surface area contributed by atoms with Crippen LogP contribution in [0.2, 0.25) is 0 Å². The number of aryl methyl sites for hydroxylation is 1. The molecule has 6 nitrogen and oxygen atoms in total. The zero-order valence-electron chi connectivity index (χ0n) is 11.6. The Labute approximate surface area is 125 Å². The fourth-order valence-corrected chi connectivity index (χ4v) is 2.67. The normalized spacial score (nSPS) is 12.5. The van der Waals surface area contributed by atoms with E-state index < -0.39 is 0 Å². The number of hydrogen-bond donors (Lipinski definition) is 2. The summed E-state index contributed by atoms with van der Waals surface area (Å²) in [5, 5.41) is 5.23. The van der Waals surface area contributed by atoms with E-state index >= 15 is 0 Å². The first-order valence-electron chi connectivity index (χ1n) is 6.42. The van der Waals surface area contributed by atoms with Crippen LogP contribution in [0.15, 0.2) is 28.0 Å². The summed E-state index contributed by atoms with van der Waals surface area (Å²) >= 11 is 1.38. The van der Waals surface area contributed by atoms with Crippen molar-refractivity contribution >= 4 is 34.0 Å². The molecule has 0 fully saturated rings. The zero-order chi connectivity index (χ0) is 15.0. The number of oxazole rings is 1. The Morgan fingerprint density at radius 1 is 1.43 bits per heavy atom. The number of rotatable bonds is 3. The largest absolute Gasteiger partial charge is 0.441 e. The van der Waals surface area contributed by atoms with Crippen LogP contribution in [0.4, 0.5) is 5.69 Å². The molecule has 1 unspecified atom stereocenters. The first-order chi connectivity index (χ1) is 10.0. The van der Waals surface area contributed by atoms with Crippen molar-refractivity contribution in [3.05, 3.63) is 40.2 Å². The van der Waals surface area contributed by atoms with E-state index in [-0.39, 0.29) is 11.9 Å². The topological polar surface area (TPSA) is 94.0 Å². The first kappa shape index (κ1) is 13.7. The molecule has 7 heteroatoms. The standard InChI is InChI=1S/C14H14N4O2S/c1-7(15)14-18-11(6-21-14)13(19)17-9-3-4-12-10(5-9)16-8(2)20-12/h3-7H,15H2,1-2H3,(H,17,19). The number of benzene rings is 1. The number of carbonyl (C=O) groups is 1. The van der Waals surface area contributed by atoms with E-state index in [9.17, 15) is 4.79 Å². The maximum absolute atomic E-state index is 12.1. The highest BCUT2D eigenvalue weighted by molar-refractivity contribution is 7.09. The van der Waals surface area contributed by atoms with Gasteiger partial charge in [0.2, 0.25) is 0 Å². The highest BCUT2D eigenvalue weighted by atomic mass is 32.1. The predicted molar refractivity (Wildman–Crippen MR) is 81.4 cm³/mol. The van der Waals surface area contributed by atoms with E-state index in [1.54, 1.807) is 30.5 Å². The fraction of sp³-hybridized carbons (Fsp3) is 0.214. The van der Waals surface area contributed by atoms with Crippen LogP contribution in [0.5, 0.6) is 0 Å². The van der Waals surface area contributed by atoms with Crippen LogP contribution in [0.3, 0.4) is 0 Å². The molecule has 1 amide bonds. The second-order valence-electron chi connectivity index (χ2n) is 4.73. The van der Waals surface area contributed by atoms with Crippen LogP contribution in [-0.4, -0.2) is 15.9 Å². The van der Waals surface area contributed by atoms with E-state index in [1.807, 2.05) is 6.92 Å². The van der Waals surface area contributed by atoms with Gasteiger partial charge in [0.15, 0.2) is 11.5 Å². The SMILES string of the molecule is Cc1nc2cc(NC(=O)c3csc(C(C)N)n3)ccc2o1. The van der Waals surface area contributed by atoms with Gasteiger partial charge in [-0.15, -0.1) is 11.3 Å². The maximum atomic E-state index is 12.1. The first-order valence-corrected chi connectivity index (χ1v) is 7.30. The minimum atomic E-state index is -0.266. The molecule has 3 rings (SSSR count). The fourth-order valence-electron chi connectivity index (χ4n) is 1.92. The monoisotopic (exact) mass is 302 g/mol. The van der Waals surface area contributed by atoms with Gasteiger partial charge in [0.1, 0.15) is 16.2 Å². The molecule has 108 valence electrons. The zero-order valence-corrected chi connectivity index (χ0v) is 12.4. The van der Waals surface area contributed by atoms with Crippen LogP contribution >= 0.6 is 11.3 Å². The number of anilines is 1. The molecule has 1 atom stereocenters. The van der Waals surface area contributed by atoms with Crippen LogP contribution in [0.1, 0.15) is 34.4 Å². The summed E-state index contributed by atoms with van der Waals surface area (Å²) in [6, 6.07) is 5.14. The molecule has 0 aliphatic heterocycles. The highest BCUT2D eigenvalue weighted by Gasteiger charge is 2.13. The van der Waals surface area contributed by atoms with Crippen molar-refractivity contribution in [2.75, 3.05) is 5.32 Å². The third kappa shape index (κ3) is 2.79. The van der Waals surface area contributed by atoms with Gasteiger partial charge in [0.25, 0.3) is 5.91 Å². The quantitative estimate of drug-likeness (QED) is 0.776. The summed E-state index contributed by atoms with van der Waals surface area (Å²) < 4.78 is 5.39. The molecule has 0 aliphatic rings. The lowest BCUT2D eigenvalue weighted by Crippen LogP contribution is -2.13. The molecule has 0 radical (unpaired) electrons. The van der Waals surface area contributed by atoms with E-state index in [2.05, 4.69) is 15.3 Å². The van der Waals surface area contributed by atoms with Gasteiger partial charge < -0.3 is 15.5 Å². The van der Waals surface area contributed by atoms with Crippen LogP contribution in [-0.2, 0) is 0 Å². The van der Waals surface area contributed by atoms with Gasteiger partial charge in [-0.3, -0.25) is 4.79 Å². The van der Waals surface area contributed by atoms with Crippen molar-refractivity contribution in [3.63, 3.8) is 0 Å². The molecule has 3 aromatic rings. The highest BCUT2D eigenvalue weighted by Crippen LogP contribution is 2.21. The maximum Gasteiger partial charge on any atom is 0.275 e. The van der Waals surface area contributed by atoms with Gasteiger partial charge in [0.05, 0.1) is 6.04 Å². The van der Waals surface area contributed by atoms with Crippen molar-refractivity contribution < 1.29 is 9.21 Å². The molecule has 0 spiro atoms. The minimum Gasteiger partial charge on any atom is -0.441 e. The van der Waals surface area contributed by atoms with Crippen molar-refractivity contribution in [1.29, 1.82) is 0 Å². The van der Waals surface area contributed by atoms with Crippen molar-refractivity contribution in [2.45, 2.75) is 19.9 Å². The summed E-state index contributed by atoms with van der Waals surface area (Å²) in [5.41, 5.74) is 8.16. The summed E-state index contributed by atoms with van der Waals surface area (Å²) in [4.78, 5) is 20.6.